The predicted octanol–water partition coefficient (Wildman–Crippen LogP) is 4.10. The first-order valence-electron chi connectivity index (χ1n) is 6.99. The minimum atomic E-state index is 0.419. The van der Waals surface area contributed by atoms with E-state index < -0.39 is 0 Å². The molecule has 1 N–H and O–H groups in total. The number of benzene rings is 1. The van der Waals surface area contributed by atoms with E-state index in [1.54, 1.807) is 7.11 Å². The van der Waals surface area contributed by atoms with E-state index in [9.17, 15) is 0 Å². The summed E-state index contributed by atoms with van der Waals surface area (Å²) in [5.74, 6) is 2.09. The van der Waals surface area contributed by atoms with Gasteiger partial charge in [-0.2, -0.15) is 11.8 Å². The van der Waals surface area contributed by atoms with Crippen molar-refractivity contribution in [1.29, 1.82) is 0 Å². The van der Waals surface area contributed by atoms with E-state index in [1.807, 2.05) is 11.8 Å². The summed E-state index contributed by atoms with van der Waals surface area (Å²) in [6.07, 6.45) is 0. The fourth-order valence-corrected chi connectivity index (χ4v) is 3.08. The van der Waals surface area contributed by atoms with Crippen LogP contribution in [0.4, 0.5) is 0 Å². The zero-order valence-electron chi connectivity index (χ0n) is 13.0. The van der Waals surface area contributed by atoms with Gasteiger partial charge in [0.05, 0.1) is 7.11 Å². The lowest BCUT2D eigenvalue weighted by atomic mass is 9.99. The van der Waals surface area contributed by atoms with Crippen molar-refractivity contribution in [3.8, 4) is 5.75 Å². The van der Waals surface area contributed by atoms with Crippen molar-refractivity contribution >= 4 is 11.8 Å². The quantitative estimate of drug-likeness (QED) is 0.813. The Morgan fingerprint density at radius 3 is 2.42 bits per heavy atom. The zero-order chi connectivity index (χ0) is 14.4. The summed E-state index contributed by atoms with van der Waals surface area (Å²) in [6.45, 7) is 11.9. The molecule has 1 rings (SSSR count). The van der Waals surface area contributed by atoms with Crippen molar-refractivity contribution in [1.82, 2.24) is 5.32 Å². The second kappa shape index (κ2) is 7.81. The lowest BCUT2D eigenvalue weighted by Gasteiger charge is -2.22. The van der Waals surface area contributed by atoms with Crippen molar-refractivity contribution in [3.63, 3.8) is 0 Å². The fraction of sp³-hybridized carbons (Fsp3) is 0.625. The first-order valence-corrected chi connectivity index (χ1v) is 8.04. The molecule has 1 unspecified atom stereocenters. The maximum atomic E-state index is 5.39. The number of aryl methyl sites for hydroxylation is 2. The molecule has 0 bridgehead atoms. The monoisotopic (exact) mass is 281 g/mol. The summed E-state index contributed by atoms with van der Waals surface area (Å²) in [5, 5.41) is 4.27. The Labute approximate surface area is 122 Å². The van der Waals surface area contributed by atoms with Crippen molar-refractivity contribution in [3.05, 3.63) is 28.8 Å². The highest BCUT2D eigenvalue weighted by atomic mass is 32.2. The Morgan fingerprint density at radius 2 is 1.89 bits per heavy atom. The minimum Gasteiger partial charge on any atom is -0.496 e. The number of thioether (sulfide) groups is 1. The molecule has 0 heterocycles. The molecule has 0 radical (unpaired) electrons. The van der Waals surface area contributed by atoms with E-state index in [1.165, 1.54) is 16.7 Å². The highest BCUT2D eigenvalue weighted by Gasteiger charge is 2.15. The Hall–Kier alpha value is -0.670. The molecule has 108 valence electrons. The van der Waals surface area contributed by atoms with Gasteiger partial charge in [-0.15, -0.1) is 0 Å². The van der Waals surface area contributed by atoms with Crippen molar-refractivity contribution in [2.24, 2.45) is 0 Å². The van der Waals surface area contributed by atoms with Crippen molar-refractivity contribution < 1.29 is 4.74 Å². The highest BCUT2D eigenvalue weighted by molar-refractivity contribution is 7.99. The summed E-state index contributed by atoms with van der Waals surface area (Å²) < 4.78 is 5.39. The lowest BCUT2D eigenvalue weighted by molar-refractivity contribution is 0.411. The molecule has 0 aromatic heterocycles. The molecule has 0 fully saturated rings. The summed E-state index contributed by atoms with van der Waals surface area (Å²) in [7, 11) is 1.73. The molecule has 1 atom stereocenters. The SMILES string of the molecule is CCNC(CSC(C)C)c1cc(C)c(OC)cc1C. The number of hydrogen-bond acceptors (Lipinski definition) is 3. The maximum absolute atomic E-state index is 5.39. The number of rotatable bonds is 7. The molecule has 1 aromatic carbocycles. The Balaban J connectivity index is 2.98. The van der Waals surface area contributed by atoms with E-state index in [2.05, 4.69) is 52.1 Å². The number of hydrogen-bond donors (Lipinski definition) is 1. The highest BCUT2D eigenvalue weighted by Crippen LogP contribution is 2.29. The van der Waals surface area contributed by atoms with E-state index in [-0.39, 0.29) is 0 Å². The average Bonchev–Trinajstić information content (AvgIpc) is 2.36. The van der Waals surface area contributed by atoms with Gasteiger partial charge < -0.3 is 10.1 Å². The van der Waals surface area contributed by atoms with Crippen LogP contribution in [0.25, 0.3) is 0 Å². The summed E-state index contributed by atoms with van der Waals surface area (Å²) >= 11 is 2.00. The standard InChI is InChI=1S/C16H27NOS/c1-7-17-15(10-19-11(2)3)14-8-13(5)16(18-6)9-12(14)4/h8-9,11,15,17H,7,10H2,1-6H3. The van der Waals surface area contributed by atoms with Crippen LogP contribution < -0.4 is 10.1 Å². The fourth-order valence-electron chi connectivity index (χ4n) is 2.20. The molecule has 0 aliphatic rings. The van der Waals surface area contributed by atoms with E-state index in [4.69, 9.17) is 4.74 Å². The third-order valence-electron chi connectivity index (χ3n) is 3.21. The molecule has 0 saturated heterocycles. The van der Waals surface area contributed by atoms with E-state index >= 15 is 0 Å². The molecule has 0 saturated carbocycles. The Bertz CT molecular complexity index is 404. The molecule has 0 aliphatic carbocycles. The average molecular weight is 281 g/mol. The molecule has 2 nitrogen and oxygen atoms in total. The van der Waals surface area contributed by atoms with Gasteiger partial charge in [-0.05, 0) is 48.4 Å². The minimum absolute atomic E-state index is 0.419. The van der Waals surface area contributed by atoms with Gasteiger partial charge in [0, 0.05) is 11.8 Å². The second-order valence-electron chi connectivity index (χ2n) is 5.17. The van der Waals surface area contributed by atoms with Crippen LogP contribution in [0.5, 0.6) is 5.75 Å². The first-order chi connectivity index (χ1) is 8.99. The summed E-state index contributed by atoms with van der Waals surface area (Å²) in [6, 6.07) is 4.83. The second-order valence-corrected chi connectivity index (χ2v) is 6.78. The van der Waals surface area contributed by atoms with Gasteiger partial charge in [-0.25, -0.2) is 0 Å². The predicted molar refractivity (Wildman–Crippen MR) is 86.5 cm³/mol. The van der Waals surface area contributed by atoms with E-state index in [0.717, 1.165) is 18.0 Å². The van der Waals surface area contributed by atoms with Gasteiger partial charge in [-0.1, -0.05) is 26.8 Å². The van der Waals surface area contributed by atoms with Gasteiger partial charge in [0.25, 0.3) is 0 Å². The van der Waals surface area contributed by atoms with Crippen LogP contribution in [0.1, 0.15) is 43.5 Å². The van der Waals surface area contributed by atoms with Crippen molar-refractivity contribution in [2.45, 2.75) is 45.9 Å². The normalized spacial score (nSPS) is 12.8. The number of nitrogens with one attached hydrogen (secondary N) is 1. The molecule has 3 heteroatoms. The molecule has 1 aromatic rings. The van der Waals surface area contributed by atoms with Crippen LogP contribution in [0.2, 0.25) is 0 Å². The molecule has 19 heavy (non-hydrogen) atoms. The largest absolute Gasteiger partial charge is 0.496 e. The van der Waals surface area contributed by atoms with Gasteiger partial charge >= 0.3 is 0 Å². The van der Waals surface area contributed by atoms with Crippen LogP contribution in [0, 0.1) is 13.8 Å². The molecular weight excluding hydrogens is 254 g/mol. The first kappa shape index (κ1) is 16.4. The molecule has 0 amide bonds. The van der Waals surface area contributed by atoms with Crippen LogP contribution in [0.15, 0.2) is 12.1 Å². The number of ether oxygens (including phenoxy) is 1. The van der Waals surface area contributed by atoms with Crippen LogP contribution in [-0.2, 0) is 0 Å². The summed E-state index contributed by atoms with van der Waals surface area (Å²) in [4.78, 5) is 0. The topological polar surface area (TPSA) is 21.3 Å². The number of methoxy groups -OCH3 is 1. The van der Waals surface area contributed by atoms with Gasteiger partial charge in [0.1, 0.15) is 5.75 Å². The molecule has 0 aliphatic heterocycles. The smallest absolute Gasteiger partial charge is 0.122 e. The third kappa shape index (κ3) is 4.73. The third-order valence-corrected chi connectivity index (χ3v) is 4.40. The molecular formula is C16H27NOS. The van der Waals surface area contributed by atoms with Gasteiger partial charge in [-0.3, -0.25) is 0 Å². The Kier molecular flexibility index (Phi) is 6.73. The zero-order valence-corrected chi connectivity index (χ0v) is 13.9. The lowest BCUT2D eigenvalue weighted by Crippen LogP contribution is -2.24. The van der Waals surface area contributed by atoms with Gasteiger partial charge in [0.2, 0.25) is 0 Å². The maximum Gasteiger partial charge on any atom is 0.122 e. The van der Waals surface area contributed by atoms with Crippen LogP contribution in [-0.4, -0.2) is 24.7 Å². The summed E-state index contributed by atoms with van der Waals surface area (Å²) in [5.41, 5.74) is 3.91. The van der Waals surface area contributed by atoms with Crippen LogP contribution in [0.3, 0.4) is 0 Å². The Morgan fingerprint density at radius 1 is 1.21 bits per heavy atom. The van der Waals surface area contributed by atoms with Crippen LogP contribution >= 0.6 is 11.8 Å². The van der Waals surface area contributed by atoms with Gasteiger partial charge in [0.15, 0.2) is 0 Å². The van der Waals surface area contributed by atoms with E-state index in [0.29, 0.717) is 11.3 Å². The molecule has 0 spiro atoms. The van der Waals surface area contributed by atoms with Crippen molar-refractivity contribution in [2.75, 3.05) is 19.4 Å².